The molecule has 0 bridgehead atoms. The molecule has 1 aliphatic carbocycles. The molecule has 0 amide bonds. The van der Waals surface area contributed by atoms with E-state index in [1.165, 1.54) is 0 Å². The van der Waals surface area contributed by atoms with Crippen LogP contribution in [0.1, 0.15) is 12.8 Å². The highest BCUT2D eigenvalue weighted by Crippen LogP contribution is 2.56. The Labute approximate surface area is 132 Å². The quantitative estimate of drug-likeness (QED) is 0.437. The largest absolute Gasteiger partial charge is 0.362 e. The minimum atomic E-state index is -5.52. The fourth-order valence-electron chi connectivity index (χ4n) is 1.83. The summed E-state index contributed by atoms with van der Waals surface area (Å²) in [5, 5.41) is 0. The second-order valence-corrected chi connectivity index (χ2v) is 5.23. The van der Waals surface area contributed by atoms with Gasteiger partial charge in [-0.1, -0.05) is 0 Å². The van der Waals surface area contributed by atoms with Crippen LogP contribution in [0.25, 0.3) is 0 Å². The van der Waals surface area contributed by atoms with Gasteiger partial charge in [0.2, 0.25) is 5.79 Å². The van der Waals surface area contributed by atoms with E-state index in [2.05, 4.69) is 9.47 Å². The van der Waals surface area contributed by atoms with Crippen molar-refractivity contribution in [1.82, 2.24) is 0 Å². The summed E-state index contributed by atoms with van der Waals surface area (Å²) in [6, 6.07) is 0. The van der Waals surface area contributed by atoms with Gasteiger partial charge in [-0.15, -0.1) is 0 Å². The predicted molar refractivity (Wildman–Crippen MR) is 55.7 cm³/mol. The van der Waals surface area contributed by atoms with Gasteiger partial charge in [-0.2, -0.15) is 35.1 Å². The molecule has 25 heavy (non-hydrogen) atoms. The van der Waals surface area contributed by atoms with Crippen molar-refractivity contribution in [3.05, 3.63) is 0 Å². The summed E-state index contributed by atoms with van der Waals surface area (Å²) < 4.78 is 160. The maximum Gasteiger partial charge on any atom is 0.362 e. The summed E-state index contributed by atoms with van der Waals surface area (Å²) in [6.07, 6.45) is -12.4. The molecule has 14 heteroatoms. The third kappa shape index (κ3) is 4.09. The third-order valence-electron chi connectivity index (χ3n) is 3.34. The predicted octanol–water partition coefficient (Wildman–Crippen LogP) is 4.58. The number of rotatable bonds is 8. The molecular weight excluding hydrogens is 392 g/mol. The highest BCUT2D eigenvalue weighted by molar-refractivity contribution is 5.05. The first-order chi connectivity index (χ1) is 11.0. The van der Waals surface area contributed by atoms with Gasteiger partial charge in [-0.3, -0.25) is 0 Å². The molecule has 0 heterocycles. The lowest BCUT2D eigenvalue weighted by atomic mass is 10.1. The van der Waals surface area contributed by atoms with Gasteiger partial charge in [0.1, 0.15) is 13.2 Å². The van der Waals surface area contributed by atoms with Crippen LogP contribution < -0.4 is 0 Å². The minimum absolute atomic E-state index is 1.67. The second-order valence-electron chi connectivity index (χ2n) is 5.23. The smallest absolute Gasteiger partial charge is 0.338 e. The van der Waals surface area contributed by atoms with Gasteiger partial charge in [-0.05, 0) is 0 Å². The molecule has 0 unspecified atom stereocenters. The molecule has 0 radical (unpaired) electrons. The fraction of sp³-hybridized carbons (Fsp3) is 1.00. The Hall–Kier alpha value is -0.920. The normalized spacial score (nSPS) is 22.8. The molecule has 0 saturated heterocycles. The number of hydrogen-bond donors (Lipinski definition) is 0. The average molecular weight is 402 g/mol. The molecule has 1 fully saturated rings. The van der Waals surface area contributed by atoms with Crippen molar-refractivity contribution in [2.24, 2.45) is 0 Å². The molecule has 150 valence electrons. The Bertz CT molecular complexity index is 440. The van der Waals surface area contributed by atoms with Crippen LogP contribution in [0.4, 0.5) is 52.7 Å². The maximum absolute atomic E-state index is 13.7. The summed E-state index contributed by atoms with van der Waals surface area (Å²) in [7, 11) is 0. The topological polar surface area (TPSA) is 18.5 Å². The van der Waals surface area contributed by atoms with Gasteiger partial charge in [0.15, 0.2) is 0 Å². The zero-order valence-electron chi connectivity index (χ0n) is 11.8. The summed E-state index contributed by atoms with van der Waals surface area (Å²) >= 11 is 0. The molecule has 0 atom stereocenters. The third-order valence-corrected chi connectivity index (χ3v) is 3.34. The first-order valence-corrected chi connectivity index (χ1v) is 6.36. The van der Waals surface area contributed by atoms with E-state index < -0.39 is 68.4 Å². The first-order valence-electron chi connectivity index (χ1n) is 6.36. The molecule has 1 saturated carbocycles. The van der Waals surface area contributed by atoms with Crippen LogP contribution >= 0.6 is 0 Å². The van der Waals surface area contributed by atoms with Gasteiger partial charge < -0.3 is 9.47 Å². The van der Waals surface area contributed by atoms with Gasteiger partial charge in [0.25, 0.3) is 0 Å². The highest BCUT2D eigenvalue weighted by Gasteiger charge is 2.76. The van der Waals surface area contributed by atoms with Crippen molar-refractivity contribution in [2.75, 3.05) is 13.2 Å². The van der Waals surface area contributed by atoms with Crippen LogP contribution in [0.15, 0.2) is 0 Å². The van der Waals surface area contributed by atoms with Crippen LogP contribution in [0.5, 0.6) is 0 Å². The zero-order chi connectivity index (χ0) is 19.9. The van der Waals surface area contributed by atoms with Crippen molar-refractivity contribution in [3.8, 4) is 0 Å². The zero-order valence-corrected chi connectivity index (χ0v) is 11.8. The molecule has 0 aromatic carbocycles. The summed E-state index contributed by atoms with van der Waals surface area (Å²) in [6.45, 7) is -5.17. The van der Waals surface area contributed by atoms with Crippen LogP contribution in [0, 0.1) is 0 Å². The van der Waals surface area contributed by atoms with Gasteiger partial charge in [0, 0.05) is 12.8 Å². The van der Waals surface area contributed by atoms with E-state index in [0.717, 1.165) is 0 Å². The van der Waals surface area contributed by atoms with E-state index in [1.54, 1.807) is 0 Å². The first kappa shape index (κ1) is 22.1. The Balaban J connectivity index is 3.09. The lowest BCUT2D eigenvalue weighted by Gasteiger charge is -2.37. The van der Waals surface area contributed by atoms with Gasteiger partial charge in [0.05, 0.1) is 0 Å². The summed E-state index contributed by atoms with van der Waals surface area (Å²) in [5.41, 5.74) is 0. The SMILES string of the molecule is FC(F)C(F)(F)COC1(OCC(F)(F)C(F)F)CCC(F)(F)C1(F)F. The van der Waals surface area contributed by atoms with Crippen LogP contribution in [0.2, 0.25) is 0 Å². The van der Waals surface area contributed by atoms with Crippen LogP contribution in [0.3, 0.4) is 0 Å². The maximum atomic E-state index is 13.7. The van der Waals surface area contributed by atoms with Gasteiger partial charge >= 0.3 is 36.5 Å². The summed E-state index contributed by atoms with van der Waals surface area (Å²) in [5.74, 6) is -24.9. The van der Waals surface area contributed by atoms with Crippen molar-refractivity contribution < 1.29 is 62.2 Å². The molecule has 0 aromatic heterocycles. The molecule has 0 N–H and O–H groups in total. The van der Waals surface area contributed by atoms with Crippen molar-refractivity contribution in [3.63, 3.8) is 0 Å². The van der Waals surface area contributed by atoms with E-state index in [-0.39, 0.29) is 0 Å². The Kier molecular flexibility index (Phi) is 5.90. The number of hydrogen-bond acceptors (Lipinski definition) is 2. The average Bonchev–Trinajstić information content (AvgIpc) is 2.62. The molecule has 0 aliphatic heterocycles. The fourth-order valence-corrected chi connectivity index (χ4v) is 1.83. The Morgan fingerprint density at radius 3 is 1.32 bits per heavy atom. The highest BCUT2D eigenvalue weighted by atomic mass is 19.3. The molecule has 0 aromatic rings. The Morgan fingerprint density at radius 2 is 1.08 bits per heavy atom. The molecule has 0 spiro atoms. The van der Waals surface area contributed by atoms with E-state index in [9.17, 15) is 52.7 Å². The van der Waals surface area contributed by atoms with E-state index in [4.69, 9.17) is 0 Å². The number of halogens is 12. The minimum Gasteiger partial charge on any atom is -0.338 e. The second kappa shape index (κ2) is 6.67. The van der Waals surface area contributed by atoms with Gasteiger partial charge in [-0.25, -0.2) is 17.6 Å². The molecule has 1 rings (SSSR count). The van der Waals surface area contributed by atoms with Crippen LogP contribution in [-0.4, -0.2) is 55.5 Å². The van der Waals surface area contributed by atoms with E-state index >= 15 is 0 Å². The number of alkyl halides is 12. The summed E-state index contributed by atoms with van der Waals surface area (Å²) in [4.78, 5) is 0. The monoisotopic (exact) mass is 402 g/mol. The molecule has 2 nitrogen and oxygen atoms in total. The molecular formula is C11H10F12O2. The Morgan fingerprint density at radius 1 is 0.720 bits per heavy atom. The van der Waals surface area contributed by atoms with E-state index in [0.29, 0.717) is 0 Å². The van der Waals surface area contributed by atoms with Crippen LogP contribution in [-0.2, 0) is 9.47 Å². The van der Waals surface area contributed by atoms with Crippen molar-refractivity contribution >= 4 is 0 Å². The number of ether oxygens (including phenoxy) is 2. The standard InChI is InChI=1S/C11H10F12O2/c12-5(13)7(16,17)3-24-10(25-4-8(18,19)6(14)15)2-1-9(20,21)11(10,22)23/h5-6H,1-4H2. The van der Waals surface area contributed by atoms with Crippen molar-refractivity contribution in [2.45, 2.75) is 55.2 Å². The van der Waals surface area contributed by atoms with Crippen molar-refractivity contribution in [1.29, 1.82) is 0 Å². The molecule has 1 aliphatic rings. The van der Waals surface area contributed by atoms with E-state index in [1.807, 2.05) is 0 Å². The lowest BCUT2D eigenvalue weighted by molar-refractivity contribution is -0.382. The lowest BCUT2D eigenvalue weighted by Crippen LogP contribution is -2.58.